The molecule has 0 aliphatic heterocycles. The molecule has 0 aliphatic carbocycles. The predicted molar refractivity (Wildman–Crippen MR) is 57.2 cm³/mol. The van der Waals surface area contributed by atoms with Crippen molar-refractivity contribution in [2.45, 2.75) is 13.8 Å². The fourth-order valence-electron chi connectivity index (χ4n) is 1.42. The minimum absolute atomic E-state index is 0.0268. The summed E-state index contributed by atoms with van der Waals surface area (Å²) in [6.45, 7) is 3.16. The highest BCUT2D eigenvalue weighted by Gasteiger charge is 2.44. The van der Waals surface area contributed by atoms with Gasteiger partial charge in [0, 0.05) is 25.3 Å². The Hall–Kier alpha value is -0.893. The van der Waals surface area contributed by atoms with Gasteiger partial charge in [-0.25, -0.2) is 13.2 Å². The van der Waals surface area contributed by atoms with Gasteiger partial charge in [0.2, 0.25) is 0 Å². The Bertz CT molecular complexity index is 371. The third-order valence-electron chi connectivity index (χ3n) is 2.00. The molecule has 0 unspecified atom stereocenters. The molecule has 0 saturated carbocycles. The summed E-state index contributed by atoms with van der Waals surface area (Å²) in [5, 5.41) is -0.720. The van der Waals surface area contributed by atoms with Crippen LogP contribution in [0, 0.1) is 17.5 Å². The van der Waals surface area contributed by atoms with Gasteiger partial charge in [0.05, 0.1) is 5.19 Å². The van der Waals surface area contributed by atoms with Gasteiger partial charge in [-0.15, -0.1) is 0 Å². The molecule has 0 amide bonds. The van der Waals surface area contributed by atoms with E-state index in [0.29, 0.717) is 12.1 Å². The van der Waals surface area contributed by atoms with Crippen LogP contribution in [0.25, 0.3) is 0 Å². The van der Waals surface area contributed by atoms with Crippen LogP contribution in [0.3, 0.4) is 0 Å². The average Bonchev–Trinajstić information content (AvgIpc) is 2.15. The standard InChI is InChI=1S/C10H13F3O3Si/c1-3-15-17(14,16-4-2)10-8(12)5-7(11)6-9(10)13/h5-6,14H,3-4H2,1-2H3. The maximum Gasteiger partial charge on any atom is 0.540 e. The molecule has 96 valence electrons. The largest absolute Gasteiger partial charge is 0.540 e. The summed E-state index contributed by atoms with van der Waals surface area (Å²) >= 11 is 0. The van der Waals surface area contributed by atoms with Gasteiger partial charge >= 0.3 is 8.80 Å². The minimum atomic E-state index is -4.15. The number of benzene rings is 1. The first-order valence-electron chi connectivity index (χ1n) is 5.10. The molecule has 1 rings (SSSR count). The molecule has 1 aromatic rings. The summed E-state index contributed by atoms with van der Waals surface area (Å²) in [6, 6.07) is 0.961. The van der Waals surface area contributed by atoms with Crippen molar-refractivity contribution in [3.8, 4) is 0 Å². The van der Waals surface area contributed by atoms with Crippen molar-refractivity contribution >= 4 is 14.0 Å². The Morgan fingerprint density at radius 2 is 1.47 bits per heavy atom. The lowest BCUT2D eigenvalue weighted by Gasteiger charge is -2.23. The average molecular weight is 266 g/mol. The molecule has 0 spiro atoms. The third kappa shape index (κ3) is 3.06. The molecule has 0 aliphatic rings. The van der Waals surface area contributed by atoms with E-state index in [9.17, 15) is 18.0 Å². The fourth-order valence-corrected chi connectivity index (χ4v) is 3.32. The van der Waals surface area contributed by atoms with E-state index in [4.69, 9.17) is 8.85 Å². The van der Waals surface area contributed by atoms with Gasteiger partial charge < -0.3 is 13.6 Å². The van der Waals surface area contributed by atoms with Crippen LogP contribution in [0.4, 0.5) is 13.2 Å². The van der Waals surface area contributed by atoms with Crippen LogP contribution in [-0.2, 0) is 8.85 Å². The zero-order chi connectivity index (χ0) is 13.1. The summed E-state index contributed by atoms with van der Waals surface area (Å²) in [7, 11) is -4.15. The first-order valence-corrected chi connectivity index (χ1v) is 6.86. The highest BCUT2D eigenvalue weighted by Crippen LogP contribution is 2.12. The summed E-state index contributed by atoms with van der Waals surface area (Å²) in [6.07, 6.45) is 0. The molecular weight excluding hydrogens is 253 g/mol. The topological polar surface area (TPSA) is 38.7 Å². The van der Waals surface area contributed by atoms with Gasteiger partial charge in [-0.2, -0.15) is 0 Å². The molecule has 0 bridgehead atoms. The van der Waals surface area contributed by atoms with Gasteiger partial charge in [-0.05, 0) is 13.8 Å². The first-order chi connectivity index (χ1) is 7.94. The van der Waals surface area contributed by atoms with E-state index in [1.54, 1.807) is 13.8 Å². The zero-order valence-corrected chi connectivity index (χ0v) is 10.5. The van der Waals surface area contributed by atoms with Gasteiger partial charge in [0.1, 0.15) is 17.5 Å². The van der Waals surface area contributed by atoms with Crippen molar-refractivity contribution in [3.05, 3.63) is 29.6 Å². The second-order valence-corrected chi connectivity index (χ2v) is 5.43. The van der Waals surface area contributed by atoms with Crippen LogP contribution in [0.15, 0.2) is 12.1 Å². The number of hydrogen-bond acceptors (Lipinski definition) is 3. The van der Waals surface area contributed by atoms with Crippen molar-refractivity contribution in [2.24, 2.45) is 0 Å². The van der Waals surface area contributed by atoms with Crippen molar-refractivity contribution in [3.63, 3.8) is 0 Å². The molecule has 0 heterocycles. The van der Waals surface area contributed by atoms with E-state index in [1.807, 2.05) is 0 Å². The molecule has 0 fully saturated rings. The van der Waals surface area contributed by atoms with E-state index >= 15 is 0 Å². The van der Waals surface area contributed by atoms with E-state index in [0.717, 1.165) is 0 Å². The molecule has 17 heavy (non-hydrogen) atoms. The Kier molecular flexibility index (Phi) is 4.69. The van der Waals surface area contributed by atoms with Gasteiger partial charge in [-0.3, -0.25) is 0 Å². The summed E-state index contributed by atoms with van der Waals surface area (Å²) in [5.74, 6) is -3.48. The van der Waals surface area contributed by atoms with Crippen LogP contribution < -0.4 is 5.19 Å². The molecule has 1 N–H and O–H groups in total. The number of halogens is 3. The SMILES string of the molecule is CCO[Si](O)(OCC)c1c(F)cc(F)cc1F. The monoisotopic (exact) mass is 266 g/mol. The summed E-state index contributed by atoms with van der Waals surface area (Å²) in [4.78, 5) is 10.0. The quantitative estimate of drug-likeness (QED) is 0.817. The lowest BCUT2D eigenvalue weighted by atomic mass is 10.3. The number of hydrogen-bond donors (Lipinski definition) is 1. The van der Waals surface area contributed by atoms with Gasteiger partial charge in [0.15, 0.2) is 0 Å². The Balaban J connectivity index is 3.27. The van der Waals surface area contributed by atoms with E-state index in [1.165, 1.54) is 0 Å². The smallest absolute Gasteiger partial charge is 0.386 e. The molecule has 1 aromatic carbocycles. The molecule has 0 aromatic heterocycles. The second kappa shape index (κ2) is 5.63. The first kappa shape index (κ1) is 14.2. The van der Waals surface area contributed by atoms with E-state index < -0.39 is 31.4 Å². The van der Waals surface area contributed by atoms with Gasteiger partial charge in [-0.1, -0.05) is 0 Å². The summed E-state index contributed by atoms with van der Waals surface area (Å²) in [5.41, 5.74) is 0. The molecule has 0 saturated heterocycles. The van der Waals surface area contributed by atoms with Crippen molar-refractivity contribution in [1.29, 1.82) is 0 Å². The van der Waals surface area contributed by atoms with Crippen LogP contribution in [0.1, 0.15) is 13.8 Å². The second-order valence-electron chi connectivity index (χ2n) is 3.19. The Labute approximate surface area is 98.2 Å². The molecular formula is C10H13F3O3Si. The minimum Gasteiger partial charge on any atom is -0.386 e. The van der Waals surface area contributed by atoms with Crippen molar-refractivity contribution < 1.29 is 26.8 Å². The van der Waals surface area contributed by atoms with Crippen LogP contribution in [0.5, 0.6) is 0 Å². The van der Waals surface area contributed by atoms with E-state index in [2.05, 4.69) is 0 Å². The van der Waals surface area contributed by atoms with E-state index in [-0.39, 0.29) is 13.2 Å². The third-order valence-corrected chi connectivity index (χ3v) is 4.47. The Morgan fingerprint density at radius 3 is 1.82 bits per heavy atom. The van der Waals surface area contributed by atoms with Crippen LogP contribution >= 0.6 is 0 Å². The number of rotatable bonds is 5. The lowest BCUT2D eigenvalue weighted by Crippen LogP contribution is -2.57. The lowest BCUT2D eigenvalue weighted by molar-refractivity contribution is 0.122. The zero-order valence-electron chi connectivity index (χ0n) is 9.47. The van der Waals surface area contributed by atoms with Crippen molar-refractivity contribution in [1.82, 2.24) is 0 Å². The highest BCUT2D eigenvalue weighted by atomic mass is 28.4. The predicted octanol–water partition coefficient (Wildman–Crippen LogP) is 1.32. The molecule has 0 radical (unpaired) electrons. The molecule has 7 heteroatoms. The normalized spacial score (nSPS) is 11.9. The fraction of sp³-hybridized carbons (Fsp3) is 0.400. The van der Waals surface area contributed by atoms with Crippen molar-refractivity contribution in [2.75, 3.05) is 13.2 Å². The summed E-state index contributed by atoms with van der Waals surface area (Å²) < 4.78 is 49.6. The maximum atomic E-state index is 13.5. The highest BCUT2D eigenvalue weighted by molar-refractivity contribution is 6.74. The molecule has 0 atom stereocenters. The van der Waals surface area contributed by atoms with Gasteiger partial charge in [0.25, 0.3) is 0 Å². The maximum absolute atomic E-state index is 13.5. The van der Waals surface area contributed by atoms with Crippen LogP contribution in [0.2, 0.25) is 0 Å². The molecule has 3 nitrogen and oxygen atoms in total. The Morgan fingerprint density at radius 1 is 1.06 bits per heavy atom. The van der Waals surface area contributed by atoms with Crippen LogP contribution in [-0.4, -0.2) is 26.8 Å².